The molecular weight excluding hydrogens is 232 g/mol. The molecule has 1 aliphatic heterocycles. The van der Waals surface area contributed by atoms with E-state index < -0.39 is 0 Å². The molecule has 1 aromatic rings. The Morgan fingerprint density at radius 1 is 1.50 bits per heavy atom. The lowest BCUT2D eigenvalue weighted by Crippen LogP contribution is -2.48. The van der Waals surface area contributed by atoms with Gasteiger partial charge in [0.05, 0.1) is 23.5 Å². The number of carbonyl (C=O) groups is 1. The molecule has 0 radical (unpaired) electrons. The summed E-state index contributed by atoms with van der Waals surface area (Å²) in [4.78, 5) is 18.2. The van der Waals surface area contributed by atoms with Crippen LogP contribution >= 0.6 is 0 Å². The fourth-order valence-electron chi connectivity index (χ4n) is 2.20. The van der Waals surface area contributed by atoms with Crippen molar-refractivity contribution in [2.24, 2.45) is 5.84 Å². The Labute approximate surface area is 106 Å². The van der Waals surface area contributed by atoms with Gasteiger partial charge >= 0.3 is 0 Å². The molecule has 2 unspecified atom stereocenters. The van der Waals surface area contributed by atoms with Crippen LogP contribution < -0.4 is 11.3 Å². The third-order valence-electron chi connectivity index (χ3n) is 2.91. The standard InChI is InChI=1S/C12H18N4O2/c1-8-6-16(7-9(2)18-8)12(17)10-5-14-4-3-11(10)15-13/h3-5,8-9H,6-7,13H2,1-2H3,(H,14,15). The summed E-state index contributed by atoms with van der Waals surface area (Å²) < 4.78 is 5.61. The van der Waals surface area contributed by atoms with Gasteiger partial charge < -0.3 is 15.1 Å². The summed E-state index contributed by atoms with van der Waals surface area (Å²) in [5.41, 5.74) is 3.59. The molecule has 1 fully saturated rings. The maximum Gasteiger partial charge on any atom is 0.257 e. The van der Waals surface area contributed by atoms with Crippen LogP contribution in [-0.2, 0) is 4.74 Å². The number of hydrazine groups is 1. The van der Waals surface area contributed by atoms with E-state index in [1.165, 1.54) is 6.20 Å². The number of nitrogens with two attached hydrogens (primary N) is 1. The van der Waals surface area contributed by atoms with Crippen LogP contribution in [0.25, 0.3) is 0 Å². The Balaban J connectivity index is 2.20. The van der Waals surface area contributed by atoms with E-state index in [-0.39, 0.29) is 18.1 Å². The second-order valence-corrected chi connectivity index (χ2v) is 4.53. The zero-order valence-corrected chi connectivity index (χ0v) is 10.6. The highest BCUT2D eigenvalue weighted by atomic mass is 16.5. The van der Waals surface area contributed by atoms with Gasteiger partial charge in [0.25, 0.3) is 5.91 Å². The van der Waals surface area contributed by atoms with Crippen molar-refractivity contribution in [3.05, 3.63) is 24.0 Å². The van der Waals surface area contributed by atoms with Crippen LogP contribution in [0, 0.1) is 0 Å². The Hall–Kier alpha value is -1.66. The first-order chi connectivity index (χ1) is 8.61. The Kier molecular flexibility index (Phi) is 3.78. The van der Waals surface area contributed by atoms with Gasteiger partial charge in [-0.05, 0) is 19.9 Å². The van der Waals surface area contributed by atoms with Crippen LogP contribution in [0.4, 0.5) is 5.69 Å². The van der Waals surface area contributed by atoms with E-state index in [9.17, 15) is 4.79 Å². The zero-order valence-electron chi connectivity index (χ0n) is 10.6. The number of hydrogen-bond donors (Lipinski definition) is 2. The highest BCUT2D eigenvalue weighted by Gasteiger charge is 2.27. The first-order valence-corrected chi connectivity index (χ1v) is 5.97. The third kappa shape index (κ3) is 2.60. The number of nitrogens with one attached hydrogen (secondary N) is 1. The number of rotatable bonds is 2. The Bertz CT molecular complexity index is 428. The molecule has 2 atom stereocenters. The molecule has 0 saturated carbocycles. The normalized spacial score (nSPS) is 23.8. The molecule has 0 spiro atoms. The minimum absolute atomic E-state index is 0.0451. The second kappa shape index (κ2) is 5.32. The van der Waals surface area contributed by atoms with Crippen molar-refractivity contribution < 1.29 is 9.53 Å². The molecule has 0 aromatic carbocycles. The molecule has 2 heterocycles. The van der Waals surface area contributed by atoms with Crippen LogP contribution in [0.5, 0.6) is 0 Å². The van der Waals surface area contributed by atoms with Crippen LogP contribution in [-0.4, -0.2) is 41.1 Å². The van der Waals surface area contributed by atoms with Gasteiger partial charge in [0.2, 0.25) is 0 Å². The number of amides is 1. The maximum atomic E-state index is 12.4. The third-order valence-corrected chi connectivity index (χ3v) is 2.91. The molecule has 6 nitrogen and oxygen atoms in total. The fourth-order valence-corrected chi connectivity index (χ4v) is 2.20. The van der Waals surface area contributed by atoms with Crippen LogP contribution in [0.15, 0.2) is 18.5 Å². The summed E-state index contributed by atoms with van der Waals surface area (Å²) in [5.74, 6) is 5.33. The van der Waals surface area contributed by atoms with E-state index in [2.05, 4.69) is 10.4 Å². The number of pyridine rings is 1. The number of carbonyl (C=O) groups excluding carboxylic acids is 1. The first kappa shape index (κ1) is 12.8. The van der Waals surface area contributed by atoms with Gasteiger partial charge in [-0.15, -0.1) is 0 Å². The molecule has 0 bridgehead atoms. The number of nitrogens with zero attached hydrogens (tertiary/aromatic N) is 2. The van der Waals surface area contributed by atoms with Crippen LogP contribution in [0.1, 0.15) is 24.2 Å². The Morgan fingerprint density at radius 3 is 2.78 bits per heavy atom. The molecule has 98 valence electrons. The lowest BCUT2D eigenvalue weighted by Gasteiger charge is -2.35. The minimum Gasteiger partial charge on any atom is -0.372 e. The van der Waals surface area contributed by atoms with Crippen LogP contribution in [0.3, 0.4) is 0 Å². The second-order valence-electron chi connectivity index (χ2n) is 4.53. The molecule has 0 aliphatic carbocycles. The van der Waals surface area contributed by atoms with E-state index in [0.717, 1.165) is 0 Å². The summed E-state index contributed by atoms with van der Waals surface area (Å²) in [7, 11) is 0. The van der Waals surface area contributed by atoms with Gasteiger partial charge in [0.1, 0.15) is 0 Å². The van der Waals surface area contributed by atoms with Crippen molar-refractivity contribution in [2.75, 3.05) is 18.5 Å². The zero-order chi connectivity index (χ0) is 13.1. The van der Waals surface area contributed by atoms with Gasteiger partial charge in [-0.1, -0.05) is 0 Å². The van der Waals surface area contributed by atoms with E-state index in [0.29, 0.717) is 24.3 Å². The number of anilines is 1. The van der Waals surface area contributed by atoms with Crippen molar-refractivity contribution in [1.82, 2.24) is 9.88 Å². The Morgan fingerprint density at radius 2 is 2.17 bits per heavy atom. The summed E-state index contributed by atoms with van der Waals surface area (Å²) in [6, 6.07) is 1.68. The van der Waals surface area contributed by atoms with E-state index in [4.69, 9.17) is 10.6 Å². The molecule has 6 heteroatoms. The van der Waals surface area contributed by atoms with Gasteiger partial charge in [-0.3, -0.25) is 15.6 Å². The molecule has 1 saturated heterocycles. The summed E-state index contributed by atoms with van der Waals surface area (Å²) in [6.07, 6.45) is 3.21. The quantitative estimate of drug-likeness (QED) is 0.594. The van der Waals surface area contributed by atoms with Crippen molar-refractivity contribution in [2.45, 2.75) is 26.1 Å². The predicted molar refractivity (Wildman–Crippen MR) is 68.0 cm³/mol. The highest BCUT2D eigenvalue weighted by molar-refractivity contribution is 5.99. The van der Waals surface area contributed by atoms with Crippen molar-refractivity contribution in [1.29, 1.82) is 0 Å². The number of morpholine rings is 1. The monoisotopic (exact) mass is 250 g/mol. The van der Waals surface area contributed by atoms with E-state index in [1.54, 1.807) is 17.2 Å². The number of aromatic nitrogens is 1. The molecule has 18 heavy (non-hydrogen) atoms. The van der Waals surface area contributed by atoms with Gasteiger partial charge in [0.15, 0.2) is 0 Å². The molecule has 1 aromatic heterocycles. The van der Waals surface area contributed by atoms with Crippen molar-refractivity contribution in [3.8, 4) is 0 Å². The van der Waals surface area contributed by atoms with Gasteiger partial charge in [0, 0.05) is 25.5 Å². The number of hydrogen-bond acceptors (Lipinski definition) is 5. The van der Waals surface area contributed by atoms with Crippen molar-refractivity contribution in [3.63, 3.8) is 0 Å². The lowest BCUT2D eigenvalue weighted by molar-refractivity contribution is -0.0586. The summed E-state index contributed by atoms with van der Waals surface area (Å²) in [6.45, 7) is 5.09. The van der Waals surface area contributed by atoms with E-state index in [1.807, 2.05) is 13.8 Å². The van der Waals surface area contributed by atoms with Gasteiger partial charge in [-0.2, -0.15) is 0 Å². The highest BCUT2D eigenvalue weighted by Crippen LogP contribution is 2.18. The molecule has 1 aliphatic rings. The molecular formula is C12H18N4O2. The number of nitrogen functional groups attached to an aromatic ring is 1. The predicted octanol–water partition coefficient (Wildman–Crippen LogP) is 0.617. The van der Waals surface area contributed by atoms with Crippen LogP contribution in [0.2, 0.25) is 0 Å². The largest absolute Gasteiger partial charge is 0.372 e. The average molecular weight is 250 g/mol. The SMILES string of the molecule is CC1CN(C(=O)c2cnccc2NN)CC(C)O1. The lowest BCUT2D eigenvalue weighted by atomic mass is 10.1. The number of ether oxygens (including phenoxy) is 1. The summed E-state index contributed by atoms with van der Waals surface area (Å²) in [5, 5.41) is 0. The maximum absolute atomic E-state index is 12.4. The molecule has 1 amide bonds. The topological polar surface area (TPSA) is 80.5 Å². The van der Waals surface area contributed by atoms with Crippen molar-refractivity contribution >= 4 is 11.6 Å². The average Bonchev–Trinajstić information content (AvgIpc) is 2.36. The fraction of sp³-hybridized carbons (Fsp3) is 0.500. The van der Waals surface area contributed by atoms with E-state index >= 15 is 0 Å². The minimum atomic E-state index is -0.0712. The van der Waals surface area contributed by atoms with Gasteiger partial charge in [-0.25, -0.2) is 0 Å². The summed E-state index contributed by atoms with van der Waals surface area (Å²) >= 11 is 0. The smallest absolute Gasteiger partial charge is 0.257 e. The molecule has 2 rings (SSSR count). The molecule has 3 N–H and O–H groups in total. The first-order valence-electron chi connectivity index (χ1n) is 5.97.